The number of benzene rings is 1. The highest BCUT2D eigenvalue weighted by Gasteiger charge is 2.35. The first-order chi connectivity index (χ1) is 10.6. The maximum Gasteiger partial charge on any atom is 0.415 e. The number of carbonyl (C=O) groups excluding carboxylic acids is 2. The third kappa shape index (κ3) is 2.99. The zero-order chi connectivity index (χ0) is 15.5. The lowest BCUT2D eigenvalue weighted by molar-refractivity contribution is -0.124. The normalized spacial score (nSPS) is 22.4. The van der Waals surface area contributed by atoms with Gasteiger partial charge >= 0.3 is 6.09 Å². The van der Waals surface area contributed by atoms with Crippen molar-refractivity contribution in [3.8, 4) is 0 Å². The van der Waals surface area contributed by atoms with E-state index in [1.54, 1.807) is 0 Å². The Balaban J connectivity index is 1.71. The first-order valence-electron chi connectivity index (χ1n) is 7.35. The van der Waals surface area contributed by atoms with Crippen LogP contribution in [0.2, 0.25) is 0 Å². The second-order valence-electron chi connectivity index (χ2n) is 5.35. The molecule has 0 radical (unpaired) electrons. The maximum atomic E-state index is 11.8. The average molecular weight is 305 g/mol. The summed E-state index contributed by atoms with van der Waals surface area (Å²) in [6.07, 6.45) is -0.421. The van der Waals surface area contributed by atoms with Crippen molar-refractivity contribution >= 4 is 23.4 Å². The number of cyclic esters (lactones) is 1. The number of primary amides is 1. The summed E-state index contributed by atoms with van der Waals surface area (Å²) in [4.78, 5) is 26.6. The largest absolute Gasteiger partial charge is 0.434 e. The molecule has 0 spiro atoms. The second kappa shape index (κ2) is 6.23. The quantitative estimate of drug-likeness (QED) is 0.889. The first-order valence-corrected chi connectivity index (χ1v) is 7.35. The fourth-order valence-electron chi connectivity index (χ4n) is 2.67. The van der Waals surface area contributed by atoms with Crippen LogP contribution in [0.15, 0.2) is 24.3 Å². The van der Waals surface area contributed by atoms with Crippen LogP contribution in [0, 0.1) is 0 Å². The molecule has 2 fully saturated rings. The molecule has 0 bridgehead atoms. The van der Waals surface area contributed by atoms with Gasteiger partial charge in [0.05, 0.1) is 13.2 Å². The van der Waals surface area contributed by atoms with E-state index in [2.05, 4.69) is 4.90 Å². The second-order valence-corrected chi connectivity index (χ2v) is 5.35. The highest BCUT2D eigenvalue weighted by molar-refractivity contribution is 5.95. The van der Waals surface area contributed by atoms with Crippen molar-refractivity contribution < 1.29 is 19.1 Å². The van der Waals surface area contributed by atoms with Crippen molar-refractivity contribution in [2.75, 3.05) is 42.6 Å². The zero-order valence-electron chi connectivity index (χ0n) is 12.2. The minimum Gasteiger partial charge on any atom is -0.434 e. The third-order valence-corrected chi connectivity index (χ3v) is 3.88. The van der Waals surface area contributed by atoms with Gasteiger partial charge in [0.25, 0.3) is 5.91 Å². The molecule has 2 amide bonds. The van der Waals surface area contributed by atoms with Gasteiger partial charge in [-0.15, -0.1) is 0 Å². The van der Waals surface area contributed by atoms with Crippen LogP contribution in [0.25, 0.3) is 0 Å². The van der Waals surface area contributed by atoms with Crippen molar-refractivity contribution in [3.63, 3.8) is 0 Å². The van der Waals surface area contributed by atoms with Gasteiger partial charge in [-0.2, -0.15) is 0 Å². The molecular weight excluding hydrogens is 286 g/mol. The van der Waals surface area contributed by atoms with Gasteiger partial charge in [-0.25, -0.2) is 4.79 Å². The van der Waals surface area contributed by atoms with Crippen molar-refractivity contribution in [2.45, 2.75) is 12.5 Å². The Bertz CT molecular complexity index is 552. The lowest BCUT2D eigenvalue weighted by atomic mass is 10.2. The van der Waals surface area contributed by atoms with Crippen LogP contribution in [0.4, 0.5) is 16.2 Å². The predicted molar refractivity (Wildman–Crippen MR) is 80.9 cm³/mol. The number of amides is 2. The summed E-state index contributed by atoms with van der Waals surface area (Å²) in [6.45, 7) is 3.48. The van der Waals surface area contributed by atoms with E-state index in [4.69, 9.17) is 15.2 Å². The SMILES string of the molecule is NC(=O)C1CN(c2ccc(N3CCCOCC3)cc2)C(=O)O1. The van der Waals surface area contributed by atoms with E-state index < -0.39 is 18.1 Å². The topological polar surface area (TPSA) is 85.1 Å². The molecule has 118 valence electrons. The summed E-state index contributed by atoms with van der Waals surface area (Å²) in [5.74, 6) is -0.628. The minimum atomic E-state index is -0.880. The molecule has 2 heterocycles. The number of hydrogen-bond donors (Lipinski definition) is 1. The monoisotopic (exact) mass is 305 g/mol. The maximum absolute atomic E-state index is 11.8. The molecule has 1 aromatic rings. The number of hydrogen-bond acceptors (Lipinski definition) is 5. The molecule has 0 aromatic heterocycles. The molecule has 0 aliphatic carbocycles. The molecule has 1 aromatic carbocycles. The van der Waals surface area contributed by atoms with Crippen LogP contribution in [-0.2, 0) is 14.3 Å². The van der Waals surface area contributed by atoms with Crippen LogP contribution < -0.4 is 15.5 Å². The Morgan fingerprint density at radius 2 is 1.86 bits per heavy atom. The number of nitrogens with two attached hydrogens (primary N) is 1. The summed E-state index contributed by atoms with van der Waals surface area (Å²) in [6, 6.07) is 7.63. The molecule has 2 aliphatic heterocycles. The van der Waals surface area contributed by atoms with Crippen LogP contribution >= 0.6 is 0 Å². The fraction of sp³-hybridized carbons (Fsp3) is 0.467. The van der Waals surface area contributed by atoms with Gasteiger partial charge in [-0.1, -0.05) is 0 Å². The summed E-state index contributed by atoms with van der Waals surface area (Å²) in [5.41, 5.74) is 6.96. The van der Waals surface area contributed by atoms with Gasteiger partial charge in [-0.3, -0.25) is 9.69 Å². The van der Waals surface area contributed by atoms with E-state index in [0.717, 1.165) is 38.4 Å². The number of carbonyl (C=O) groups is 2. The number of rotatable bonds is 3. The third-order valence-electron chi connectivity index (χ3n) is 3.88. The molecule has 0 saturated carbocycles. The highest BCUT2D eigenvalue weighted by Crippen LogP contribution is 2.25. The summed E-state index contributed by atoms with van der Waals surface area (Å²) >= 11 is 0. The summed E-state index contributed by atoms with van der Waals surface area (Å²) in [7, 11) is 0. The molecule has 7 nitrogen and oxygen atoms in total. The van der Waals surface area contributed by atoms with Crippen LogP contribution in [0.3, 0.4) is 0 Å². The Labute approximate surface area is 128 Å². The van der Waals surface area contributed by atoms with E-state index >= 15 is 0 Å². The molecule has 1 unspecified atom stereocenters. The van der Waals surface area contributed by atoms with E-state index in [1.807, 2.05) is 24.3 Å². The van der Waals surface area contributed by atoms with Crippen molar-refractivity contribution in [1.29, 1.82) is 0 Å². The van der Waals surface area contributed by atoms with Crippen molar-refractivity contribution in [2.24, 2.45) is 5.73 Å². The van der Waals surface area contributed by atoms with Gasteiger partial charge in [0.2, 0.25) is 0 Å². The predicted octanol–water partition coefficient (Wildman–Crippen LogP) is 0.724. The van der Waals surface area contributed by atoms with Gasteiger partial charge < -0.3 is 20.1 Å². The lowest BCUT2D eigenvalue weighted by Crippen LogP contribution is -2.32. The van der Waals surface area contributed by atoms with E-state index in [0.29, 0.717) is 5.69 Å². The fourth-order valence-corrected chi connectivity index (χ4v) is 2.67. The Kier molecular flexibility index (Phi) is 4.15. The van der Waals surface area contributed by atoms with Gasteiger partial charge in [0.15, 0.2) is 6.10 Å². The summed E-state index contributed by atoms with van der Waals surface area (Å²) in [5, 5.41) is 0. The summed E-state index contributed by atoms with van der Waals surface area (Å²) < 4.78 is 10.4. The molecule has 2 saturated heterocycles. The average Bonchev–Trinajstić information content (AvgIpc) is 2.74. The van der Waals surface area contributed by atoms with Gasteiger partial charge in [0, 0.05) is 31.1 Å². The standard InChI is InChI=1S/C15H19N3O4/c16-14(19)13-10-18(15(20)22-13)12-4-2-11(3-5-12)17-6-1-8-21-9-7-17/h2-5,13H,1,6-10H2,(H2,16,19). The van der Waals surface area contributed by atoms with Crippen LogP contribution in [0.1, 0.15) is 6.42 Å². The van der Waals surface area contributed by atoms with Crippen LogP contribution in [0.5, 0.6) is 0 Å². The van der Waals surface area contributed by atoms with Gasteiger partial charge in [-0.05, 0) is 30.7 Å². The molecule has 7 heteroatoms. The number of ether oxygens (including phenoxy) is 2. The molecule has 2 aliphatic rings. The molecule has 3 rings (SSSR count). The highest BCUT2D eigenvalue weighted by atomic mass is 16.6. The van der Waals surface area contributed by atoms with Gasteiger partial charge in [0.1, 0.15) is 0 Å². The Morgan fingerprint density at radius 3 is 2.55 bits per heavy atom. The van der Waals surface area contributed by atoms with E-state index in [9.17, 15) is 9.59 Å². The minimum absolute atomic E-state index is 0.158. The van der Waals surface area contributed by atoms with Crippen molar-refractivity contribution in [3.05, 3.63) is 24.3 Å². The molecule has 2 N–H and O–H groups in total. The lowest BCUT2D eigenvalue weighted by Gasteiger charge is -2.22. The van der Waals surface area contributed by atoms with Crippen LogP contribution in [-0.4, -0.2) is 51.0 Å². The van der Waals surface area contributed by atoms with E-state index in [1.165, 1.54) is 4.90 Å². The van der Waals surface area contributed by atoms with E-state index in [-0.39, 0.29) is 6.54 Å². The first kappa shape index (κ1) is 14.6. The number of anilines is 2. The Morgan fingerprint density at radius 1 is 1.14 bits per heavy atom. The van der Waals surface area contributed by atoms with Crippen molar-refractivity contribution in [1.82, 2.24) is 0 Å². The molecule has 1 atom stereocenters. The molecular formula is C15H19N3O4. The Hall–Kier alpha value is -2.28. The zero-order valence-corrected chi connectivity index (χ0v) is 12.2. The number of nitrogens with zero attached hydrogens (tertiary/aromatic N) is 2. The smallest absolute Gasteiger partial charge is 0.415 e. The molecule has 22 heavy (non-hydrogen) atoms.